The molecular formula is C23H23FN2O3. The molecule has 1 aromatic carbocycles. The summed E-state index contributed by atoms with van der Waals surface area (Å²) in [6, 6.07) is 8.45. The summed E-state index contributed by atoms with van der Waals surface area (Å²) in [5.41, 5.74) is 4.53. The summed E-state index contributed by atoms with van der Waals surface area (Å²) in [7, 11) is 3.00. The Bertz CT molecular complexity index is 1090. The molecule has 0 saturated heterocycles. The van der Waals surface area contributed by atoms with Crippen LogP contribution >= 0.6 is 0 Å². The van der Waals surface area contributed by atoms with E-state index in [0.29, 0.717) is 23.7 Å². The van der Waals surface area contributed by atoms with Gasteiger partial charge in [-0.1, -0.05) is 6.08 Å². The summed E-state index contributed by atoms with van der Waals surface area (Å²) in [5, 5.41) is 0.920. The summed E-state index contributed by atoms with van der Waals surface area (Å²) >= 11 is 0. The van der Waals surface area contributed by atoms with E-state index >= 15 is 0 Å². The number of aromatic nitrogens is 2. The smallest absolute Gasteiger partial charge is 0.305 e. The van der Waals surface area contributed by atoms with E-state index in [9.17, 15) is 9.18 Å². The summed E-state index contributed by atoms with van der Waals surface area (Å²) in [5.74, 6) is 0.466. The van der Waals surface area contributed by atoms with Gasteiger partial charge in [-0.2, -0.15) is 0 Å². The van der Waals surface area contributed by atoms with Crippen LogP contribution in [0.4, 0.5) is 4.39 Å². The van der Waals surface area contributed by atoms with Gasteiger partial charge in [-0.05, 0) is 66.6 Å². The number of fused-ring (bicyclic) bond motifs is 1. The molecule has 29 heavy (non-hydrogen) atoms. The van der Waals surface area contributed by atoms with Crippen LogP contribution in [0, 0.1) is 11.7 Å². The van der Waals surface area contributed by atoms with Crippen molar-refractivity contribution in [2.24, 2.45) is 5.92 Å². The number of benzene rings is 1. The van der Waals surface area contributed by atoms with Gasteiger partial charge >= 0.3 is 5.97 Å². The fourth-order valence-electron chi connectivity index (χ4n) is 3.96. The van der Waals surface area contributed by atoms with Crippen molar-refractivity contribution in [2.45, 2.75) is 25.7 Å². The molecule has 2 heterocycles. The van der Waals surface area contributed by atoms with Gasteiger partial charge in [0.05, 0.1) is 14.2 Å². The first kappa shape index (κ1) is 19.2. The van der Waals surface area contributed by atoms with Crippen LogP contribution in [0.15, 0.2) is 42.6 Å². The number of nitrogens with zero attached hydrogens (tertiary/aromatic N) is 1. The lowest BCUT2D eigenvalue weighted by molar-refractivity contribution is -0.141. The highest BCUT2D eigenvalue weighted by Gasteiger charge is 2.20. The molecule has 2 aromatic heterocycles. The molecule has 0 saturated carbocycles. The summed E-state index contributed by atoms with van der Waals surface area (Å²) in [4.78, 5) is 19.3. The van der Waals surface area contributed by atoms with E-state index in [2.05, 4.69) is 22.1 Å². The van der Waals surface area contributed by atoms with Gasteiger partial charge in [0.25, 0.3) is 0 Å². The molecule has 1 aliphatic rings. The number of pyridine rings is 1. The normalized spacial score (nSPS) is 16.5. The zero-order valence-electron chi connectivity index (χ0n) is 16.5. The average molecular weight is 394 g/mol. The molecule has 0 radical (unpaired) electrons. The second kappa shape index (κ2) is 8.07. The number of allylic oxidation sites excluding steroid dienone is 2. The number of ether oxygens (including phenoxy) is 2. The van der Waals surface area contributed by atoms with Gasteiger partial charge in [-0.3, -0.25) is 4.79 Å². The van der Waals surface area contributed by atoms with Gasteiger partial charge in [0.2, 0.25) is 0 Å². The highest BCUT2D eigenvalue weighted by molar-refractivity contribution is 5.96. The van der Waals surface area contributed by atoms with Crippen LogP contribution in [-0.2, 0) is 9.53 Å². The number of rotatable bonds is 5. The summed E-state index contributed by atoms with van der Waals surface area (Å²) in [6.45, 7) is 0. The minimum absolute atomic E-state index is 0.157. The maximum Gasteiger partial charge on any atom is 0.305 e. The Labute approximate surface area is 168 Å². The van der Waals surface area contributed by atoms with Crippen LogP contribution in [0.2, 0.25) is 0 Å². The molecule has 0 fully saturated rings. The van der Waals surface area contributed by atoms with Crippen LogP contribution in [0.1, 0.15) is 31.4 Å². The molecule has 4 rings (SSSR count). The number of esters is 1. The molecule has 1 N–H and O–H groups in total. The number of hydrogen-bond donors (Lipinski definition) is 1. The number of methoxy groups -OCH3 is 2. The fraction of sp³-hybridized carbons (Fsp3) is 0.304. The molecule has 3 aromatic rings. The van der Waals surface area contributed by atoms with Gasteiger partial charge in [0, 0.05) is 29.3 Å². The second-order valence-electron chi connectivity index (χ2n) is 7.30. The number of halogens is 1. The Morgan fingerprint density at radius 3 is 2.83 bits per heavy atom. The molecule has 150 valence electrons. The van der Waals surface area contributed by atoms with Crippen molar-refractivity contribution in [2.75, 3.05) is 14.2 Å². The maximum atomic E-state index is 13.9. The number of carbonyl (C=O) groups excluding carboxylic acids is 1. The van der Waals surface area contributed by atoms with Crippen molar-refractivity contribution >= 4 is 22.6 Å². The molecule has 0 spiro atoms. The first-order valence-electron chi connectivity index (χ1n) is 9.67. The van der Waals surface area contributed by atoms with E-state index in [1.165, 1.54) is 24.8 Å². The molecule has 5 nitrogen and oxygen atoms in total. The third-order valence-corrected chi connectivity index (χ3v) is 5.53. The summed E-state index contributed by atoms with van der Waals surface area (Å²) in [6.07, 6.45) is 7.02. The number of nitrogens with one attached hydrogen (secondary N) is 1. The monoisotopic (exact) mass is 394 g/mol. The van der Waals surface area contributed by atoms with Crippen LogP contribution in [-0.4, -0.2) is 30.2 Å². The highest BCUT2D eigenvalue weighted by Crippen LogP contribution is 2.38. The molecular weight excluding hydrogens is 371 g/mol. The third kappa shape index (κ3) is 3.88. The van der Waals surface area contributed by atoms with E-state index in [1.54, 1.807) is 19.4 Å². The van der Waals surface area contributed by atoms with Gasteiger partial charge in [-0.25, -0.2) is 9.37 Å². The average Bonchev–Trinajstić information content (AvgIpc) is 3.18. The SMILES string of the molecule is COC(=O)CC1CC=C(c2cc3c(-c4cc(F)ccc4OC)ccnc3[nH]2)CC1. The minimum Gasteiger partial charge on any atom is -0.496 e. The Kier molecular flexibility index (Phi) is 5.34. The quantitative estimate of drug-likeness (QED) is 0.610. The minimum atomic E-state index is -0.312. The van der Waals surface area contributed by atoms with Gasteiger partial charge in [0.15, 0.2) is 0 Å². The number of aromatic amines is 1. The maximum absolute atomic E-state index is 13.9. The lowest BCUT2D eigenvalue weighted by Crippen LogP contribution is -2.12. The van der Waals surface area contributed by atoms with Crippen LogP contribution in [0.25, 0.3) is 27.7 Å². The van der Waals surface area contributed by atoms with Gasteiger partial charge < -0.3 is 14.5 Å². The zero-order chi connectivity index (χ0) is 20.4. The Morgan fingerprint density at radius 1 is 1.24 bits per heavy atom. The lowest BCUT2D eigenvalue weighted by Gasteiger charge is -2.20. The largest absolute Gasteiger partial charge is 0.496 e. The third-order valence-electron chi connectivity index (χ3n) is 5.53. The van der Waals surface area contributed by atoms with Crippen LogP contribution < -0.4 is 4.74 Å². The second-order valence-corrected chi connectivity index (χ2v) is 7.30. The van der Waals surface area contributed by atoms with Crippen molar-refractivity contribution < 1.29 is 18.7 Å². The summed E-state index contributed by atoms with van der Waals surface area (Å²) < 4.78 is 24.1. The van der Waals surface area contributed by atoms with Gasteiger partial charge in [0.1, 0.15) is 17.2 Å². The van der Waals surface area contributed by atoms with Gasteiger partial charge in [-0.15, -0.1) is 0 Å². The Hall–Kier alpha value is -3.15. The van der Waals surface area contributed by atoms with E-state index in [4.69, 9.17) is 9.47 Å². The molecule has 0 aliphatic heterocycles. The van der Waals surface area contributed by atoms with E-state index < -0.39 is 0 Å². The molecule has 1 atom stereocenters. The molecule has 0 amide bonds. The first-order chi connectivity index (χ1) is 14.1. The zero-order valence-corrected chi connectivity index (χ0v) is 16.5. The van der Waals surface area contributed by atoms with Crippen molar-refractivity contribution in [3.8, 4) is 16.9 Å². The topological polar surface area (TPSA) is 64.2 Å². The predicted molar refractivity (Wildman–Crippen MR) is 110 cm³/mol. The Morgan fingerprint density at radius 2 is 2.10 bits per heavy atom. The molecule has 1 aliphatic carbocycles. The van der Waals surface area contributed by atoms with Crippen LogP contribution in [0.3, 0.4) is 0 Å². The van der Waals surface area contributed by atoms with Crippen molar-refractivity contribution in [1.82, 2.24) is 9.97 Å². The number of carbonyl (C=O) groups is 1. The lowest BCUT2D eigenvalue weighted by atomic mass is 9.86. The molecule has 6 heteroatoms. The fourth-order valence-corrected chi connectivity index (χ4v) is 3.96. The van der Waals surface area contributed by atoms with E-state index in [-0.39, 0.29) is 11.8 Å². The van der Waals surface area contributed by atoms with Crippen LogP contribution in [0.5, 0.6) is 5.75 Å². The number of hydrogen-bond acceptors (Lipinski definition) is 4. The molecule has 1 unspecified atom stereocenters. The standard InChI is InChI=1S/C23H23FN2O3/c1-28-21-8-7-16(24)12-18(21)17-9-10-25-23-19(17)13-20(26-23)15-5-3-14(4-6-15)11-22(27)29-2/h5,7-10,12-14H,3-4,6,11H2,1-2H3,(H,25,26). The van der Waals surface area contributed by atoms with Crippen molar-refractivity contribution in [3.05, 3.63) is 54.1 Å². The molecule has 0 bridgehead atoms. The predicted octanol–water partition coefficient (Wildman–Crippen LogP) is 5.12. The van der Waals surface area contributed by atoms with Crippen molar-refractivity contribution in [3.63, 3.8) is 0 Å². The van der Waals surface area contributed by atoms with E-state index in [0.717, 1.165) is 41.6 Å². The Balaban J connectivity index is 1.67. The highest BCUT2D eigenvalue weighted by atomic mass is 19.1. The van der Waals surface area contributed by atoms with Crippen molar-refractivity contribution in [1.29, 1.82) is 0 Å². The van der Waals surface area contributed by atoms with E-state index in [1.807, 2.05) is 6.07 Å². The first-order valence-corrected chi connectivity index (χ1v) is 9.67. The number of H-pyrrole nitrogens is 1.